The molecule has 23 heavy (non-hydrogen) atoms. The van der Waals surface area contributed by atoms with E-state index < -0.39 is 12.1 Å². The summed E-state index contributed by atoms with van der Waals surface area (Å²) in [5.74, 6) is 0.868. The fourth-order valence-electron chi connectivity index (χ4n) is 2.70. The Morgan fingerprint density at radius 2 is 1.87 bits per heavy atom. The number of amides is 3. The molecule has 1 aliphatic carbocycles. The van der Waals surface area contributed by atoms with Crippen LogP contribution < -0.4 is 5.32 Å². The molecule has 1 aliphatic rings. The maximum atomic E-state index is 12.2. The van der Waals surface area contributed by atoms with Crippen molar-refractivity contribution in [2.45, 2.75) is 58.6 Å². The van der Waals surface area contributed by atoms with Crippen LogP contribution in [0.4, 0.5) is 9.59 Å². The van der Waals surface area contributed by atoms with E-state index >= 15 is 0 Å². The molecule has 0 aromatic rings. The third-order valence-electron chi connectivity index (χ3n) is 3.78. The standard InChI is InChI=1S/C16H30N4O3/c1-11(2)23-16(22)20(6)15(19(4)5)18-14(21)17-13-9-7-8-12(3)10-13/h11-13H,7-10H2,1-6H3,(H,17,21)/b18-15+. The predicted octanol–water partition coefficient (Wildman–Crippen LogP) is 2.67. The minimum absolute atomic E-state index is 0.159. The van der Waals surface area contributed by atoms with Gasteiger partial charge in [0.25, 0.3) is 0 Å². The molecule has 0 aromatic carbocycles. The third kappa shape index (κ3) is 6.46. The topological polar surface area (TPSA) is 74.2 Å². The first-order valence-corrected chi connectivity index (χ1v) is 8.21. The second kappa shape index (κ2) is 8.74. The van der Waals surface area contributed by atoms with Crippen LogP contribution in [0.15, 0.2) is 4.99 Å². The summed E-state index contributed by atoms with van der Waals surface area (Å²) in [6.07, 6.45) is 3.52. The van der Waals surface area contributed by atoms with Gasteiger partial charge in [0.1, 0.15) is 0 Å². The van der Waals surface area contributed by atoms with Crippen molar-refractivity contribution >= 4 is 18.1 Å². The van der Waals surface area contributed by atoms with Gasteiger partial charge in [-0.05, 0) is 32.6 Å². The van der Waals surface area contributed by atoms with Crippen LogP contribution in [0, 0.1) is 5.92 Å². The molecule has 1 fully saturated rings. The van der Waals surface area contributed by atoms with Crippen molar-refractivity contribution in [3.8, 4) is 0 Å². The fourth-order valence-corrected chi connectivity index (χ4v) is 2.70. The minimum atomic E-state index is -0.536. The monoisotopic (exact) mass is 326 g/mol. The summed E-state index contributed by atoms with van der Waals surface area (Å²) in [5, 5.41) is 2.94. The molecule has 1 N–H and O–H groups in total. The first-order valence-electron chi connectivity index (χ1n) is 8.21. The lowest BCUT2D eigenvalue weighted by atomic mass is 9.87. The fraction of sp³-hybridized carbons (Fsp3) is 0.812. The normalized spacial score (nSPS) is 21.8. The maximum Gasteiger partial charge on any atom is 0.416 e. The number of ether oxygens (including phenoxy) is 1. The SMILES string of the molecule is CC1CCCC(NC(=O)/N=C(\N(C)C)N(C)C(=O)OC(C)C)C1. The summed E-state index contributed by atoms with van der Waals surface area (Å²) in [4.78, 5) is 31.1. The Hall–Kier alpha value is -1.79. The summed E-state index contributed by atoms with van der Waals surface area (Å²) >= 11 is 0. The summed E-state index contributed by atoms with van der Waals surface area (Å²) < 4.78 is 5.14. The zero-order valence-electron chi connectivity index (χ0n) is 15.1. The van der Waals surface area contributed by atoms with Crippen molar-refractivity contribution in [2.75, 3.05) is 21.1 Å². The minimum Gasteiger partial charge on any atom is -0.446 e. The first kappa shape index (κ1) is 19.3. The molecule has 0 aliphatic heterocycles. The third-order valence-corrected chi connectivity index (χ3v) is 3.78. The van der Waals surface area contributed by atoms with Crippen LogP contribution in [0.3, 0.4) is 0 Å². The maximum absolute atomic E-state index is 12.2. The smallest absolute Gasteiger partial charge is 0.416 e. The van der Waals surface area contributed by atoms with Crippen LogP contribution in [-0.2, 0) is 4.74 Å². The van der Waals surface area contributed by atoms with Crippen LogP contribution in [-0.4, -0.2) is 61.2 Å². The number of hydrogen-bond donors (Lipinski definition) is 1. The van der Waals surface area contributed by atoms with Gasteiger partial charge in [-0.2, -0.15) is 4.99 Å². The lowest BCUT2D eigenvalue weighted by Crippen LogP contribution is -2.45. The van der Waals surface area contributed by atoms with Gasteiger partial charge in [-0.1, -0.05) is 19.8 Å². The Bertz CT molecular complexity index is 449. The molecule has 0 spiro atoms. The molecule has 0 heterocycles. The molecule has 0 bridgehead atoms. The predicted molar refractivity (Wildman–Crippen MR) is 90.5 cm³/mol. The molecular formula is C16H30N4O3. The highest BCUT2D eigenvalue weighted by Gasteiger charge is 2.23. The molecule has 0 radical (unpaired) electrons. The van der Waals surface area contributed by atoms with E-state index in [4.69, 9.17) is 4.74 Å². The summed E-state index contributed by atoms with van der Waals surface area (Å²) in [5.41, 5.74) is 0. The van der Waals surface area contributed by atoms with Crippen molar-refractivity contribution in [1.82, 2.24) is 15.1 Å². The van der Waals surface area contributed by atoms with Gasteiger partial charge in [0.05, 0.1) is 6.10 Å². The summed E-state index contributed by atoms with van der Waals surface area (Å²) in [6, 6.07) is -0.261. The number of guanidine groups is 1. The van der Waals surface area contributed by atoms with E-state index in [9.17, 15) is 9.59 Å². The highest BCUT2D eigenvalue weighted by atomic mass is 16.6. The van der Waals surface area contributed by atoms with Crippen molar-refractivity contribution in [3.63, 3.8) is 0 Å². The number of nitrogens with one attached hydrogen (secondary N) is 1. The molecule has 1 saturated carbocycles. The molecule has 0 aromatic heterocycles. The van der Waals surface area contributed by atoms with E-state index in [0.717, 1.165) is 19.3 Å². The number of rotatable bonds is 2. The van der Waals surface area contributed by atoms with Gasteiger partial charge in [0.2, 0.25) is 5.96 Å². The largest absolute Gasteiger partial charge is 0.446 e. The number of nitrogens with zero attached hydrogens (tertiary/aromatic N) is 3. The van der Waals surface area contributed by atoms with E-state index in [1.54, 1.807) is 39.9 Å². The molecule has 1 rings (SSSR count). The Kier molecular flexibility index (Phi) is 7.32. The summed E-state index contributed by atoms with van der Waals surface area (Å²) in [6.45, 7) is 5.74. The number of urea groups is 1. The average Bonchev–Trinajstić information content (AvgIpc) is 2.43. The zero-order chi connectivity index (χ0) is 17.6. The zero-order valence-corrected chi connectivity index (χ0v) is 15.1. The average molecular weight is 326 g/mol. The molecule has 132 valence electrons. The Labute approximate surface area is 139 Å². The van der Waals surface area contributed by atoms with Gasteiger partial charge in [-0.15, -0.1) is 0 Å². The van der Waals surface area contributed by atoms with Gasteiger partial charge in [0, 0.05) is 27.2 Å². The van der Waals surface area contributed by atoms with Gasteiger partial charge in [-0.3, -0.25) is 4.90 Å². The molecular weight excluding hydrogens is 296 g/mol. The molecule has 2 atom stereocenters. The van der Waals surface area contributed by atoms with Crippen LogP contribution in [0.1, 0.15) is 46.5 Å². The van der Waals surface area contributed by atoms with Crippen LogP contribution >= 0.6 is 0 Å². The second-order valence-electron chi connectivity index (χ2n) is 6.72. The van der Waals surface area contributed by atoms with E-state index in [1.807, 2.05) is 0 Å². The lowest BCUT2D eigenvalue weighted by molar-refractivity contribution is 0.0967. The Balaban J connectivity index is 2.73. The van der Waals surface area contributed by atoms with E-state index in [2.05, 4.69) is 17.2 Å². The number of hydrogen-bond acceptors (Lipinski definition) is 3. The van der Waals surface area contributed by atoms with Gasteiger partial charge < -0.3 is 15.0 Å². The molecule has 2 unspecified atom stereocenters. The van der Waals surface area contributed by atoms with Gasteiger partial charge in [-0.25, -0.2) is 9.59 Å². The number of carbonyl (C=O) groups is 2. The Morgan fingerprint density at radius 1 is 1.22 bits per heavy atom. The van der Waals surface area contributed by atoms with Gasteiger partial charge >= 0.3 is 12.1 Å². The molecule has 3 amide bonds. The highest BCUT2D eigenvalue weighted by Crippen LogP contribution is 2.23. The number of carbonyl (C=O) groups excluding carboxylic acids is 2. The molecule has 0 saturated heterocycles. The molecule has 7 heteroatoms. The summed E-state index contributed by atoms with van der Waals surface area (Å²) in [7, 11) is 5.00. The Morgan fingerprint density at radius 3 is 2.39 bits per heavy atom. The van der Waals surface area contributed by atoms with Crippen LogP contribution in [0.5, 0.6) is 0 Å². The first-order chi connectivity index (χ1) is 10.7. The van der Waals surface area contributed by atoms with Crippen LogP contribution in [0.2, 0.25) is 0 Å². The van der Waals surface area contributed by atoms with Crippen molar-refractivity contribution in [1.29, 1.82) is 0 Å². The van der Waals surface area contributed by atoms with Crippen molar-refractivity contribution in [3.05, 3.63) is 0 Å². The lowest BCUT2D eigenvalue weighted by Gasteiger charge is -2.28. The van der Waals surface area contributed by atoms with E-state index in [-0.39, 0.29) is 18.1 Å². The number of aliphatic imine (C=N–C) groups is 1. The quantitative estimate of drug-likeness (QED) is 0.625. The van der Waals surface area contributed by atoms with Gasteiger partial charge in [0.15, 0.2) is 0 Å². The van der Waals surface area contributed by atoms with Crippen molar-refractivity contribution < 1.29 is 14.3 Å². The molecule has 7 nitrogen and oxygen atoms in total. The second-order valence-corrected chi connectivity index (χ2v) is 6.72. The van der Waals surface area contributed by atoms with Crippen molar-refractivity contribution in [2.24, 2.45) is 10.9 Å². The van der Waals surface area contributed by atoms with Crippen LogP contribution in [0.25, 0.3) is 0 Å². The highest BCUT2D eigenvalue weighted by molar-refractivity contribution is 5.99. The van der Waals surface area contributed by atoms with E-state index in [0.29, 0.717) is 5.92 Å². The van der Waals surface area contributed by atoms with E-state index in [1.165, 1.54) is 11.3 Å².